The maximum Gasteiger partial charge on any atom is 0.329 e. The third-order valence-corrected chi connectivity index (χ3v) is 8.33. The first-order chi connectivity index (χ1) is 16.8. The lowest BCUT2D eigenvalue weighted by Gasteiger charge is -2.56. The number of anilines is 1. The van der Waals surface area contributed by atoms with Crippen LogP contribution in [0.2, 0.25) is 0 Å². The molecule has 1 unspecified atom stereocenters. The van der Waals surface area contributed by atoms with Crippen molar-refractivity contribution >= 4 is 23.5 Å². The molecule has 1 aromatic rings. The van der Waals surface area contributed by atoms with Crippen LogP contribution in [0.15, 0.2) is 18.2 Å². The summed E-state index contributed by atoms with van der Waals surface area (Å²) >= 11 is 0. The van der Waals surface area contributed by atoms with Gasteiger partial charge in [-0.1, -0.05) is 0 Å². The van der Waals surface area contributed by atoms with Gasteiger partial charge in [-0.3, -0.25) is 9.59 Å². The Morgan fingerprint density at radius 2 is 1.69 bits per heavy atom. The Hall–Kier alpha value is -2.81. The molecule has 0 spiro atoms. The second-order valence-corrected chi connectivity index (χ2v) is 10.8. The Kier molecular flexibility index (Phi) is 6.38. The second kappa shape index (κ2) is 9.33. The number of methoxy groups -OCH3 is 2. The largest absolute Gasteiger partial charge is 0.497 e. The van der Waals surface area contributed by atoms with E-state index in [0.29, 0.717) is 34.9 Å². The molecule has 5 fully saturated rings. The maximum atomic E-state index is 13.8. The molecule has 2 atom stereocenters. The summed E-state index contributed by atoms with van der Waals surface area (Å²) in [6.07, 6.45) is 5.66. The van der Waals surface area contributed by atoms with Crippen LogP contribution in [0.3, 0.4) is 0 Å². The summed E-state index contributed by atoms with van der Waals surface area (Å²) in [6.45, 7) is -0.376. The topological polar surface area (TPSA) is 114 Å². The van der Waals surface area contributed by atoms with Gasteiger partial charge < -0.3 is 29.5 Å². The van der Waals surface area contributed by atoms with Gasteiger partial charge in [0.25, 0.3) is 5.91 Å². The maximum absolute atomic E-state index is 13.8. The van der Waals surface area contributed by atoms with E-state index >= 15 is 0 Å². The second-order valence-electron chi connectivity index (χ2n) is 10.8. The highest BCUT2D eigenvalue weighted by atomic mass is 16.5. The molecular weight excluding hydrogens is 452 g/mol. The molecule has 2 N–H and O–H groups in total. The fourth-order valence-corrected chi connectivity index (χ4v) is 7.27. The monoisotopic (exact) mass is 486 g/mol. The molecule has 5 aliphatic rings. The number of benzene rings is 1. The predicted molar refractivity (Wildman–Crippen MR) is 126 cm³/mol. The lowest BCUT2D eigenvalue weighted by atomic mass is 9.49. The number of rotatable bonds is 7. The predicted octanol–water partition coefficient (Wildman–Crippen LogP) is 2.36. The molecule has 1 saturated heterocycles. The van der Waals surface area contributed by atoms with E-state index in [0.717, 1.165) is 19.3 Å². The molecule has 190 valence electrons. The van der Waals surface area contributed by atoms with Gasteiger partial charge in [0.2, 0.25) is 5.91 Å². The van der Waals surface area contributed by atoms with E-state index in [4.69, 9.17) is 14.2 Å². The summed E-state index contributed by atoms with van der Waals surface area (Å²) in [7, 11) is 3.00. The number of aliphatic hydroxyl groups excluding tert-OH is 1. The molecule has 9 nitrogen and oxygen atoms in total. The molecule has 2 amide bonds. The highest BCUT2D eigenvalue weighted by Gasteiger charge is 2.57. The number of hydrogen-bond donors (Lipinski definition) is 2. The number of ether oxygens (including phenoxy) is 3. The summed E-state index contributed by atoms with van der Waals surface area (Å²) in [5, 5.41) is 13.0. The Bertz CT molecular complexity index is 974. The number of aliphatic hydroxyl groups is 1. The molecule has 4 saturated carbocycles. The SMILES string of the molecule is COc1ccc(OC)c(NC(=O)COC(=O)[C@@H]2CC(O)CN2C(=O)C23CC4CC(CC(C4)C2)C3)c1. The number of carbonyl (C=O) groups excluding carboxylic acids is 3. The van der Waals surface area contributed by atoms with E-state index in [1.807, 2.05) is 0 Å². The van der Waals surface area contributed by atoms with Gasteiger partial charge in [-0.25, -0.2) is 4.79 Å². The van der Waals surface area contributed by atoms with Crippen LogP contribution in [0.4, 0.5) is 5.69 Å². The molecule has 35 heavy (non-hydrogen) atoms. The number of carbonyl (C=O) groups is 3. The minimum atomic E-state index is -0.871. The van der Waals surface area contributed by atoms with Crippen LogP contribution in [0, 0.1) is 23.2 Å². The number of amides is 2. The van der Waals surface area contributed by atoms with Gasteiger partial charge in [0.15, 0.2) is 6.61 Å². The fourth-order valence-electron chi connectivity index (χ4n) is 7.27. The third-order valence-electron chi connectivity index (χ3n) is 8.33. The number of esters is 1. The van der Waals surface area contributed by atoms with Gasteiger partial charge in [-0.15, -0.1) is 0 Å². The summed E-state index contributed by atoms with van der Waals surface area (Å²) in [5.41, 5.74) is -0.0136. The first-order valence-electron chi connectivity index (χ1n) is 12.5. The lowest BCUT2D eigenvalue weighted by Crippen LogP contribution is -2.56. The normalized spacial score (nSPS) is 32.9. The number of β-amino-alcohol motifs (C(OH)–C–C–N with tert-alkyl or cyclic N) is 1. The molecular formula is C26H34N2O7. The van der Waals surface area contributed by atoms with Gasteiger partial charge >= 0.3 is 5.97 Å². The van der Waals surface area contributed by atoms with Crippen molar-refractivity contribution in [2.45, 2.75) is 57.1 Å². The van der Waals surface area contributed by atoms with Crippen LogP contribution >= 0.6 is 0 Å². The zero-order valence-corrected chi connectivity index (χ0v) is 20.3. The molecule has 4 bridgehead atoms. The van der Waals surface area contributed by atoms with Crippen LogP contribution in [0.25, 0.3) is 0 Å². The minimum absolute atomic E-state index is 0.0133. The van der Waals surface area contributed by atoms with Gasteiger partial charge in [-0.2, -0.15) is 0 Å². The molecule has 1 heterocycles. The van der Waals surface area contributed by atoms with E-state index in [2.05, 4.69) is 5.32 Å². The van der Waals surface area contributed by atoms with Crippen LogP contribution in [-0.2, 0) is 19.1 Å². The minimum Gasteiger partial charge on any atom is -0.497 e. The van der Waals surface area contributed by atoms with E-state index in [1.165, 1.54) is 38.4 Å². The number of nitrogens with one attached hydrogen (secondary N) is 1. The Morgan fingerprint density at radius 3 is 2.29 bits per heavy atom. The summed E-state index contributed by atoms with van der Waals surface area (Å²) in [6, 6.07) is 4.10. The van der Waals surface area contributed by atoms with Crippen LogP contribution in [0.1, 0.15) is 44.9 Å². The molecule has 6 rings (SSSR count). The van der Waals surface area contributed by atoms with E-state index in [-0.39, 0.29) is 18.9 Å². The molecule has 0 radical (unpaired) electrons. The third kappa shape index (κ3) is 4.58. The van der Waals surface area contributed by atoms with Crippen LogP contribution in [-0.4, -0.2) is 67.3 Å². The van der Waals surface area contributed by atoms with Gasteiger partial charge in [0.1, 0.15) is 17.5 Å². The highest BCUT2D eigenvalue weighted by Crippen LogP contribution is 2.60. The Balaban J connectivity index is 1.22. The average Bonchev–Trinajstić information content (AvgIpc) is 3.22. The molecule has 1 aromatic carbocycles. The van der Waals surface area contributed by atoms with Crippen molar-refractivity contribution < 1.29 is 33.7 Å². The van der Waals surface area contributed by atoms with Crippen molar-refractivity contribution in [1.29, 1.82) is 0 Å². The van der Waals surface area contributed by atoms with Gasteiger partial charge in [-0.05, 0) is 68.4 Å². The lowest BCUT2D eigenvalue weighted by molar-refractivity contribution is -0.166. The molecule has 4 aliphatic carbocycles. The number of likely N-dealkylation sites (tertiary alicyclic amines) is 1. The first kappa shape index (κ1) is 23.9. The first-order valence-corrected chi connectivity index (χ1v) is 12.5. The fraction of sp³-hybridized carbons (Fsp3) is 0.654. The van der Waals surface area contributed by atoms with Crippen molar-refractivity contribution in [1.82, 2.24) is 4.90 Å². The summed E-state index contributed by atoms with van der Waals surface area (Å²) < 4.78 is 15.7. The summed E-state index contributed by atoms with van der Waals surface area (Å²) in [5.74, 6) is 1.56. The van der Waals surface area contributed by atoms with Crippen molar-refractivity contribution in [2.24, 2.45) is 23.2 Å². The molecule has 0 aromatic heterocycles. The zero-order valence-electron chi connectivity index (χ0n) is 20.3. The Labute approximate surface area is 205 Å². The van der Waals surface area contributed by atoms with E-state index < -0.39 is 36.0 Å². The highest BCUT2D eigenvalue weighted by molar-refractivity contribution is 5.95. The average molecular weight is 487 g/mol. The van der Waals surface area contributed by atoms with Crippen molar-refractivity contribution in [2.75, 3.05) is 32.7 Å². The van der Waals surface area contributed by atoms with E-state index in [9.17, 15) is 19.5 Å². The van der Waals surface area contributed by atoms with Gasteiger partial charge in [0.05, 0.1) is 31.4 Å². The quantitative estimate of drug-likeness (QED) is 0.569. The number of hydrogen-bond acceptors (Lipinski definition) is 7. The standard InChI is InChI=1S/C26H34N2O7/c1-33-19-3-4-22(34-2)20(9-19)27-23(30)14-35-24(31)21-8-18(29)13-28(21)25(32)26-10-15-5-16(11-26)7-17(6-15)12-26/h3-4,9,15-18,21,29H,5-8,10-14H2,1-2H3,(H,27,30)/t15?,16?,17?,18?,21-,26?/m0/s1. The van der Waals surface area contributed by atoms with Crippen molar-refractivity contribution in [3.8, 4) is 11.5 Å². The van der Waals surface area contributed by atoms with Crippen molar-refractivity contribution in [3.63, 3.8) is 0 Å². The Morgan fingerprint density at radius 1 is 1.03 bits per heavy atom. The smallest absolute Gasteiger partial charge is 0.329 e. The van der Waals surface area contributed by atoms with Crippen LogP contribution in [0.5, 0.6) is 11.5 Å². The van der Waals surface area contributed by atoms with E-state index in [1.54, 1.807) is 18.2 Å². The number of nitrogens with zero attached hydrogens (tertiary/aromatic N) is 1. The van der Waals surface area contributed by atoms with Crippen LogP contribution < -0.4 is 14.8 Å². The zero-order chi connectivity index (χ0) is 24.7. The molecule has 1 aliphatic heterocycles. The van der Waals surface area contributed by atoms with Gasteiger partial charge in [0, 0.05) is 19.0 Å². The summed E-state index contributed by atoms with van der Waals surface area (Å²) in [4.78, 5) is 40.8. The molecule has 9 heteroatoms. The van der Waals surface area contributed by atoms with Crippen molar-refractivity contribution in [3.05, 3.63) is 18.2 Å².